The summed E-state index contributed by atoms with van der Waals surface area (Å²) in [4.78, 5) is 33.7. The Morgan fingerprint density at radius 2 is 1.47 bits per heavy atom. The number of carboxylic acid groups (broad SMARTS) is 3. The highest BCUT2D eigenvalue weighted by atomic mass is 16.5. The van der Waals surface area contributed by atoms with Gasteiger partial charge in [0, 0.05) is 0 Å². The van der Waals surface area contributed by atoms with Gasteiger partial charge in [0.25, 0.3) is 0 Å². The SMILES string of the molecule is C=COC(CC(=O)O)(C(=O)O)C(C=C)(C=C)C(=O)O. The maximum absolute atomic E-state index is 11.4. The Bertz CT molecular complexity index is 429. The maximum Gasteiger partial charge on any atom is 0.350 e. The third-order valence-corrected chi connectivity index (χ3v) is 2.70. The molecule has 0 aliphatic heterocycles. The van der Waals surface area contributed by atoms with E-state index in [-0.39, 0.29) is 0 Å². The minimum Gasteiger partial charge on any atom is -0.481 e. The molecule has 0 saturated carbocycles. The zero-order valence-electron chi connectivity index (χ0n) is 10.0. The zero-order chi connectivity index (χ0) is 15.3. The van der Waals surface area contributed by atoms with Gasteiger partial charge in [-0.15, -0.1) is 13.2 Å². The van der Waals surface area contributed by atoms with Crippen LogP contribution in [0.4, 0.5) is 0 Å². The molecule has 0 bridgehead atoms. The first-order valence-corrected chi connectivity index (χ1v) is 4.98. The van der Waals surface area contributed by atoms with Crippen molar-refractivity contribution in [3.63, 3.8) is 0 Å². The van der Waals surface area contributed by atoms with Gasteiger partial charge in [0.2, 0.25) is 5.60 Å². The van der Waals surface area contributed by atoms with Crippen LogP contribution in [-0.4, -0.2) is 38.8 Å². The van der Waals surface area contributed by atoms with Crippen molar-refractivity contribution < 1.29 is 34.4 Å². The predicted molar refractivity (Wildman–Crippen MR) is 64.4 cm³/mol. The summed E-state index contributed by atoms with van der Waals surface area (Å²) in [6.07, 6.45) is 1.09. The van der Waals surface area contributed by atoms with Crippen molar-refractivity contribution in [2.24, 2.45) is 5.41 Å². The monoisotopic (exact) mass is 270 g/mol. The topological polar surface area (TPSA) is 121 Å². The van der Waals surface area contributed by atoms with Gasteiger partial charge in [0.05, 0.1) is 12.7 Å². The lowest BCUT2D eigenvalue weighted by Crippen LogP contribution is -2.58. The highest BCUT2D eigenvalue weighted by Crippen LogP contribution is 2.41. The van der Waals surface area contributed by atoms with Crippen LogP contribution in [0.25, 0.3) is 0 Å². The molecule has 1 atom stereocenters. The van der Waals surface area contributed by atoms with Crippen LogP contribution in [0, 0.1) is 5.41 Å². The van der Waals surface area contributed by atoms with Crippen LogP contribution in [-0.2, 0) is 19.1 Å². The molecule has 0 radical (unpaired) electrons. The quantitative estimate of drug-likeness (QED) is 0.420. The lowest BCUT2D eigenvalue weighted by atomic mass is 9.69. The van der Waals surface area contributed by atoms with Gasteiger partial charge in [-0.2, -0.15) is 0 Å². The second-order valence-corrected chi connectivity index (χ2v) is 3.57. The Kier molecular flexibility index (Phi) is 5.06. The van der Waals surface area contributed by atoms with E-state index < -0.39 is 35.3 Å². The fraction of sp³-hybridized carbons (Fsp3) is 0.250. The summed E-state index contributed by atoms with van der Waals surface area (Å²) in [6.45, 7) is 9.62. The molecule has 104 valence electrons. The first-order chi connectivity index (χ1) is 8.74. The normalized spacial score (nSPS) is 13.7. The van der Waals surface area contributed by atoms with Crippen LogP contribution in [0.5, 0.6) is 0 Å². The molecule has 7 nitrogen and oxygen atoms in total. The largest absolute Gasteiger partial charge is 0.481 e. The average molecular weight is 270 g/mol. The van der Waals surface area contributed by atoms with Crippen LogP contribution in [0.2, 0.25) is 0 Å². The number of hydrogen-bond acceptors (Lipinski definition) is 4. The average Bonchev–Trinajstić information content (AvgIpc) is 2.29. The van der Waals surface area contributed by atoms with Crippen LogP contribution >= 0.6 is 0 Å². The highest BCUT2D eigenvalue weighted by molar-refractivity contribution is 5.95. The number of ether oxygens (including phenoxy) is 1. The number of rotatable bonds is 9. The Hall–Kier alpha value is -2.57. The summed E-state index contributed by atoms with van der Waals surface area (Å²) in [7, 11) is 0. The second kappa shape index (κ2) is 5.85. The Balaban J connectivity index is 6.33. The zero-order valence-corrected chi connectivity index (χ0v) is 10.0. The molecule has 0 aliphatic rings. The van der Waals surface area contributed by atoms with Gasteiger partial charge in [0.15, 0.2) is 5.41 Å². The molecule has 0 saturated heterocycles. The van der Waals surface area contributed by atoms with Crippen molar-refractivity contribution in [1.29, 1.82) is 0 Å². The van der Waals surface area contributed by atoms with Crippen LogP contribution in [0.1, 0.15) is 6.42 Å². The van der Waals surface area contributed by atoms with Crippen LogP contribution in [0.15, 0.2) is 38.2 Å². The first-order valence-electron chi connectivity index (χ1n) is 4.98. The first kappa shape index (κ1) is 16.4. The highest BCUT2D eigenvalue weighted by Gasteiger charge is 2.62. The molecule has 0 aromatic carbocycles. The third-order valence-electron chi connectivity index (χ3n) is 2.70. The Morgan fingerprint density at radius 1 is 1.00 bits per heavy atom. The summed E-state index contributed by atoms with van der Waals surface area (Å²) in [6, 6.07) is 0. The number of carboxylic acids is 3. The third kappa shape index (κ3) is 2.49. The van der Waals surface area contributed by atoms with Gasteiger partial charge >= 0.3 is 17.9 Å². The van der Waals surface area contributed by atoms with E-state index in [4.69, 9.17) is 9.84 Å². The fourth-order valence-electron chi connectivity index (χ4n) is 1.70. The smallest absolute Gasteiger partial charge is 0.350 e. The molecule has 0 aromatic heterocycles. The van der Waals surface area contributed by atoms with Gasteiger partial charge in [0.1, 0.15) is 0 Å². The van der Waals surface area contributed by atoms with Gasteiger partial charge in [-0.05, 0) is 0 Å². The van der Waals surface area contributed by atoms with Crippen molar-refractivity contribution in [3.8, 4) is 0 Å². The lowest BCUT2D eigenvalue weighted by Gasteiger charge is -2.39. The second-order valence-electron chi connectivity index (χ2n) is 3.57. The van der Waals surface area contributed by atoms with Crippen LogP contribution in [0.3, 0.4) is 0 Å². The molecular formula is C12H14O7. The number of hydrogen-bond donors (Lipinski definition) is 3. The summed E-state index contributed by atoms with van der Waals surface area (Å²) in [5.74, 6) is -4.99. The number of carbonyl (C=O) groups is 3. The molecule has 0 rings (SSSR count). The van der Waals surface area contributed by atoms with Gasteiger partial charge < -0.3 is 20.1 Å². The fourth-order valence-corrected chi connectivity index (χ4v) is 1.70. The van der Waals surface area contributed by atoms with Crippen molar-refractivity contribution in [1.82, 2.24) is 0 Å². The van der Waals surface area contributed by atoms with E-state index in [1.54, 1.807) is 0 Å². The summed E-state index contributed by atoms with van der Waals surface area (Å²) in [5, 5.41) is 27.3. The van der Waals surface area contributed by atoms with E-state index in [2.05, 4.69) is 19.7 Å². The molecule has 0 spiro atoms. The van der Waals surface area contributed by atoms with Crippen molar-refractivity contribution in [3.05, 3.63) is 38.2 Å². The van der Waals surface area contributed by atoms with E-state index >= 15 is 0 Å². The molecule has 0 aliphatic carbocycles. The van der Waals surface area contributed by atoms with E-state index in [9.17, 15) is 24.6 Å². The van der Waals surface area contributed by atoms with Crippen molar-refractivity contribution in [2.75, 3.05) is 0 Å². The lowest BCUT2D eigenvalue weighted by molar-refractivity contribution is -0.184. The maximum atomic E-state index is 11.4. The van der Waals surface area contributed by atoms with Gasteiger partial charge in [-0.25, -0.2) is 4.79 Å². The molecule has 0 aromatic rings. The van der Waals surface area contributed by atoms with E-state index in [0.717, 1.165) is 12.2 Å². The van der Waals surface area contributed by atoms with E-state index in [1.807, 2.05) is 0 Å². The summed E-state index contributed by atoms with van der Waals surface area (Å²) >= 11 is 0. The van der Waals surface area contributed by atoms with Crippen molar-refractivity contribution >= 4 is 17.9 Å². The molecule has 1 unspecified atom stereocenters. The van der Waals surface area contributed by atoms with E-state index in [0.29, 0.717) is 6.26 Å². The molecule has 0 fully saturated rings. The molecule has 3 N–H and O–H groups in total. The Morgan fingerprint density at radius 3 is 1.68 bits per heavy atom. The van der Waals surface area contributed by atoms with E-state index in [1.165, 1.54) is 0 Å². The predicted octanol–water partition coefficient (Wildman–Crippen LogP) is 0.888. The Labute approximate surface area is 109 Å². The molecule has 7 heteroatoms. The standard InChI is InChI=1S/C12H14O7/c1-4-11(5-2,9(15)16)12(10(17)18,19-6-3)7-8(13)14/h4-6H,1-3,7H2,(H,13,14)(H,15,16)(H,17,18). The molecular weight excluding hydrogens is 256 g/mol. The minimum atomic E-state index is -2.63. The minimum absolute atomic E-state index is 0.668. The molecule has 19 heavy (non-hydrogen) atoms. The van der Waals surface area contributed by atoms with Gasteiger partial charge in [-0.3, -0.25) is 9.59 Å². The number of aliphatic carboxylic acids is 3. The van der Waals surface area contributed by atoms with Crippen molar-refractivity contribution in [2.45, 2.75) is 12.0 Å². The summed E-state index contributed by atoms with van der Waals surface area (Å²) in [5.41, 5.74) is -4.96. The molecule has 0 amide bonds. The molecule has 0 heterocycles. The van der Waals surface area contributed by atoms with Crippen LogP contribution < -0.4 is 0 Å². The van der Waals surface area contributed by atoms with Gasteiger partial charge in [-0.1, -0.05) is 18.7 Å². The summed E-state index contributed by atoms with van der Waals surface area (Å²) < 4.78 is 4.77.